The molecule has 1 saturated carbocycles. The van der Waals surface area contributed by atoms with Crippen molar-refractivity contribution in [2.45, 2.75) is 42.9 Å². The number of benzene rings is 2. The van der Waals surface area contributed by atoms with Crippen molar-refractivity contribution in [1.82, 2.24) is 9.29 Å². The van der Waals surface area contributed by atoms with Gasteiger partial charge in [0.25, 0.3) is 5.91 Å². The molecule has 2 aromatic carbocycles. The van der Waals surface area contributed by atoms with Gasteiger partial charge in [0, 0.05) is 35.8 Å². The number of fused-ring (bicyclic) bond motifs is 1. The number of hydrogen-bond donors (Lipinski definition) is 1. The third-order valence-electron chi connectivity index (χ3n) is 6.04. The quantitative estimate of drug-likeness (QED) is 0.638. The minimum Gasteiger partial charge on any atom is -0.322 e. The molecule has 7 heteroatoms. The van der Waals surface area contributed by atoms with Gasteiger partial charge in [-0.1, -0.05) is 24.6 Å². The maximum atomic E-state index is 13.1. The lowest BCUT2D eigenvalue weighted by atomic mass is 10.1. The highest BCUT2D eigenvalue weighted by Crippen LogP contribution is 2.40. The maximum Gasteiger partial charge on any atom is 0.256 e. The highest BCUT2D eigenvalue weighted by molar-refractivity contribution is 7.89. The third kappa shape index (κ3) is 4.07. The average molecular weight is 436 g/mol. The molecule has 1 amide bonds. The van der Waals surface area contributed by atoms with E-state index in [1.807, 2.05) is 30.3 Å². The van der Waals surface area contributed by atoms with Gasteiger partial charge >= 0.3 is 0 Å². The predicted octanol–water partition coefficient (Wildman–Crippen LogP) is 4.54. The van der Waals surface area contributed by atoms with E-state index in [-0.39, 0.29) is 10.8 Å². The van der Waals surface area contributed by atoms with Crippen molar-refractivity contribution >= 4 is 32.5 Å². The molecule has 0 spiro atoms. The third-order valence-corrected chi connectivity index (χ3v) is 7.95. The van der Waals surface area contributed by atoms with Crippen molar-refractivity contribution in [1.29, 1.82) is 0 Å². The standard InChI is InChI=1S/C24H25N3O3S/c28-24(21-16-23(17-8-9-17)26-22-7-3-2-6-20(21)22)25-18-10-12-19(13-11-18)31(29,30)27-14-4-1-5-15-27/h2-3,6-7,10-13,16-17H,1,4-5,8-9,14-15H2,(H,25,28). The van der Waals surface area contributed by atoms with Crippen molar-refractivity contribution in [3.8, 4) is 0 Å². The summed E-state index contributed by atoms with van der Waals surface area (Å²) in [6.45, 7) is 1.14. The van der Waals surface area contributed by atoms with Crippen molar-refractivity contribution in [3.63, 3.8) is 0 Å². The second-order valence-electron chi connectivity index (χ2n) is 8.33. The van der Waals surface area contributed by atoms with Crippen molar-refractivity contribution < 1.29 is 13.2 Å². The summed E-state index contributed by atoms with van der Waals surface area (Å²) >= 11 is 0. The number of nitrogens with one attached hydrogen (secondary N) is 1. The molecule has 1 saturated heterocycles. The minimum absolute atomic E-state index is 0.216. The molecule has 1 N–H and O–H groups in total. The van der Waals surface area contributed by atoms with E-state index in [1.165, 1.54) is 0 Å². The zero-order chi connectivity index (χ0) is 21.4. The van der Waals surface area contributed by atoms with Crippen LogP contribution in [0.2, 0.25) is 0 Å². The number of carbonyl (C=O) groups excluding carboxylic acids is 1. The molecule has 5 rings (SSSR count). The van der Waals surface area contributed by atoms with Crippen LogP contribution in [-0.2, 0) is 10.0 Å². The Hall–Kier alpha value is -2.77. The summed E-state index contributed by atoms with van der Waals surface area (Å²) in [6.07, 6.45) is 5.09. The molecule has 6 nitrogen and oxygen atoms in total. The molecule has 2 aliphatic rings. The number of sulfonamides is 1. The summed E-state index contributed by atoms with van der Waals surface area (Å²) in [7, 11) is -3.48. The van der Waals surface area contributed by atoms with Crippen molar-refractivity contribution in [2.75, 3.05) is 18.4 Å². The van der Waals surface area contributed by atoms with Crippen LogP contribution in [0.25, 0.3) is 10.9 Å². The Bertz CT molecular complexity index is 1230. The van der Waals surface area contributed by atoms with Gasteiger partial charge in [-0.15, -0.1) is 0 Å². The second-order valence-corrected chi connectivity index (χ2v) is 10.3. The van der Waals surface area contributed by atoms with E-state index in [4.69, 9.17) is 4.98 Å². The Balaban J connectivity index is 1.39. The lowest BCUT2D eigenvalue weighted by molar-refractivity contribution is 0.102. The van der Waals surface area contributed by atoms with E-state index >= 15 is 0 Å². The van der Waals surface area contributed by atoms with Gasteiger partial charge in [-0.2, -0.15) is 4.31 Å². The fourth-order valence-corrected chi connectivity index (χ4v) is 5.65. The molecule has 0 radical (unpaired) electrons. The monoisotopic (exact) mass is 435 g/mol. The number of aromatic nitrogens is 1. The number of amides is 1. The number of anilines is 1. The first-order valence-electron chi connectivity index (χ1n) is 10.8. The number of hydrogen-bond acceptors (Lipinski definition) is 4. The Labute approximate surface area is 182 Å². The molecule has 0 atom stereocenters. The van der Waals surface area contributed by atoms with E-state index in [1.54, 1.807) is 28.6 Å². The summed E-state index contributed by atoms with van der Waals surface area (Å²) in [5, 5.41) is 3.73. The van der Waals surface area contributed by atoms with E-state index in [9.17, 15) is 13.2 Å². The summed E-state index contributed by atoms with van der Waals surface area (Å²) in [5.41, 5.74) is 2.95. The van der Waals surface area contributed by atoms with Crippen LogP contribution in [0.3, 0.4) is 0 Å². The van der Waals surface area contributed by atoms with Gasteiger partial charge in [0.1, 0.15) is 0 Å². The highest BCUT2D eigenvalue weighted by Gasteiger charge is 2.27. The molecule has 160 valence electrons. The highest BCUT2D eigenvalue weighted by atomic mass is 32.2. The van der Waals surface area contributed by atoms with Gasteiger partial charge in [-0.3, -0.25) is 9.78 Å². The van der Waals surface area contributed by atoms with Crippen molar-refractivity contribution in [3.05, 3.63) is 65.9 Å². The maximum absolute atomic E-state index is 13.1. The van der Waals surface area contributed by atoms with Crippen LogP contribution in [-0.4, -0.2) is 36.7 Å². The van der Waals surface area contributed by atoms with Crippen LogP contribution in [0, 0.1) is 0 Å². The second kappa shape index (κ2) is 8.05. The average Bonchev–Trinajstić information content (AvgIpc) is 3.65. The van der Waals surface area contributed by atoms with Crippen LogP contribution < -0.4 is 5.32 Å². The van der Waals surface area contributed by atoms with E-state index in [2.05, 4.69) is 5.32 Å². The van der Waals surface area contributed by atoms with Gasteiger partial charge in [0.2, 0.25) is 10.0 Å². The van der Waals surface area contributed by atoms with Crippen LogP contribution in [0.15, 0.2) is 59.5 Å². The molecule has 31 heavy (non-hydrogen) atoms. The van der Waals surface area contributed by atoms with Crippen molar-refractivity contribution in [2.24, 2.45) is 0 Å². The predicted molar refractivity (Wildman–Crippen MR) is 121 cm³/mol. The van der Waals surface area contributed by atoms with Gasteiger partial charge in [0.05, 0.1) is 16.0 Å². The number of nitrogens with zero attached hydrogens (tertiary/aromatic N) is 2. The topological polar surface area (TPSA) is 79.4 Å². The normalized spacial score (nSPS) is 17.5. The molecule has 1 aliphatic heterocycles. The number of para-hydroxylation sites is 1. The zero-order valence-electron chi connectivity index (χ0n) is 17.3. The summed E-state index contributed by atoms with van der Waals surface area (Å²) < 4.78 is 27.2. The lowest BCUT2D eigenvalue weighted by Crippen LogP contribution is -2.35. The number of pyridine rings is 1. The molecule has 1 aromatic heterocycles. The van der Waals surface area contributed by atoms with Gasteiger partial charge < -0.3 is 5.32 Å². The number of piperidine rings is 1. The van der Waals surface area contributed by atoms with E-state index < -0.39 is 10.0 Å². The van der Waals surface area contributed by atoms with E-state index in [0.29, 0.717) is 30.3 Å². The minimum atomic E-state index is -3.48. The molecule has 0 bridgehead atoms. The Morgan fingerprint density at radius 3 is 2.39 bits per heavy atom. The van der Waals surface area contributed by atoms with Crippen LogP contribution in [0.5, 0.6) is 0 Å². The summed E-state index contributed by atoms with van der Waals surface area (Å²) in [6, 6.07) is 16.0. The van der Waals surface area contributed by atoms with Gasteiger partial charge in [-0.25, -0.2) is 8.42 Å². The fourth-order valence-electron chi connectivity index (χ4n) is 4.13. The summed E-state index contributed by atoms with van der Waals surface area (Å²) in [4.78, 5) is 18.1. The van der Waals surface area contributed by atoms with Crippen LogP contribution in [0.4, 0.5) is 5.69 Å². The smallest absolute Gasteiger partial charge is 0.256 e. The first kappa shape index (κ1) is 20.2. The SMILES string of the molecule is O=C(Nc1ccc(S(=O)(=O)N2CCCCC2)cc1)c1cc(C2CC2)nc2ccccc12. The lowest BCUT2D eigenvalue weighted by Gasteiger charge is -2.25. The molecule has 2 fully saturated rings. The first-order chi connectivity index (χ1) is 15.0. The Morgan fingerprint density at radius 2 is 1.68 bits per heavy atom. The largest absolute Gasteiger partial charge is 0.322 e. The summed E-state index contributed by atoms with van der Waals surface area (Å²) in [5.74, 6) is 0.225. The Morgan fingerprint density at radius 1 is 0.968 bits per heavy atom. The first-order valence-corrected chi connectivity index (χ1v) is 12.3. The molecule has 0 unspecified atom stereocenters. The molecular weight excluding hydrogens is 410 g/mol. The van der Waals surface area contributed by atoms with Gasteiger partial charge in [-0.05, 0) is 62.1 Å². The zero-order valence-corrected chi connectivity index (χ0v) is 18.1. The van der Waals surface area contributed by atoms with Gasteiger partial charge in [0.15, 0.2) is 0 Å². The molecule has 2 heterocycles. The molecule has 3 aromatic rings. The number of carbonyl (C=O) groups is 1. The molecular formula is C24H25N3O3S. The molecule has 1 aliphatic carbocycles. The number of rotatable bonds is 5. The van der Waals surface area contributed by atoms with E-state index in [0.717, 1.165) is 48.7 Å². The van der Waals surface area contributed by atoms with Crippen LogP contribution >= 0.6 is 0 Å². The van der Waals surface area contributed by atoms with Crippen LogP contribution in [0.1, 0.15) is 54.1 Å². The Kier molecular flexibility index (Phi) is 5.24. The fraction of sp³-hybridized carbons (Fsp3) is 0.333.